The van der Waals surface area contributed by atoms with Crippen molar-refractivity contribution in [3.8, 4) is 0 Å². The Morgan fingerprint density at radius 1 is 1.58 bits per heavy atom. The Kier molecular flexibility index (Phi) is 1.66. The first-order valence-corrected chi connectivity index (χ1v) is 4.06. The number of nitrogens with one attached hydrogen (secondary N) is 1. The molecule has 0 fully saturated rings. The first kappa shape index (κ1) is 7.43. The van der Waals surface area contributed by atoms with Gasteiger partial charge in [0.2, 0.25) is 0 Å². The van der Waals surface area contributed by atoms with Crippen LogP contribution in [0.5, 0.6) is 0 Å². The number of nitrogen functional groups attached to an aromatic ring is 1. The lowest BCUT2D eigenvalue weighted by atomic mass is 10.1. The van der Waals surface area contributed by atoms with Gasteiger partial charge in [0, 0.05) is 0 Å². The first-order chi connectivity index (χ1) is 5.81. The monoisotopic (exact) mass is 164 g/mol. The Morgan fingerprint density at radius 2 is 2.42 bits per heavy atom. The van der Waals surface area contributed by atoms with Gasteiger partial charge in [-0.05, 0) is 18.1 Å². The topological polar surface area (TPSA) is 58.3 Å². The van der Waals surface area contributed by atoms with Crippen molar-refractivity contribution in [1.29, 1.82) is 0 Å². The highest BCUT2D eigenvalue weighted by Gasteiger charge is 2.20. The average Bonchev–Trinajstić information content (AvgIpc) is 2.49. The number of para-hydroxylation sites is 1. The number of aliphatic hydroxyl groups is 1. The number of hydrogen-bond donors (Lipinski definition) is 3. The highest BCUT2D eigenvalue weighted by Crippen LogP contribution is 2.30. The molecule has 12 heavy (non-hydrogen) atoms. The second-order valence-corrected chi connectivity index (χ2v) is 3.11. The molecule has 0 saturated carbocycles. The summed E-state index contributed by atoms with van der Waals surface area (Å²) in [6.45, 7) is 0.161. The molecule has 1 aliphatic rings. The third-order valence-corrected chi connectivity index (χ3v) is 2.22. The van der Waals surface area contributed by atoms with Gasteiger partial charge in [-0.2, -0.15) is 0 Å². The van der Waals surface area contributed by atoms with Gasteiger partial charge in [0.25, 0.3) is 0 Å². The van der Waals surface area contributed by atoms with Crippen LogP contribution in [0.4, 0.5) is 11.4 Å². The zero-order chi connectivity index (χ0) is 8.55. The Bertz CT molecular complexity index is 299. The summed E-state index contributed by atoms with van der Waals surface area (Å²) < 4.78 is 0. The van der Waals surface area contributed by atoms with Crippen LogP contribution >= 0.6 is 0 Å². The normalized spacial score (nSPS) is 20.2. The molecule has 0 radical (unpaired) electrons. The van der Waals surface area contributed by atoms with E-state index >= 15 is 0 Å². The SMILES string of the molecule is Nc1cccc2c1NC(CO)C2. The van der Waals surface area contributed by atoms with E-state index < -0.39 is 0 Å². The van der Waals surface area contributed by atoms with E-state index in [1.807, 2.05) is 18.2 Å². The van der Waals surface area contributed by atoms with Crippen molar-refractivity contribution in [2.45, 2.75) is 12.5 Å². The lowest BCUT2D eigenvalue weighted by Gasteiger charge is -2.07. The van der Waals surface area contributed by atoms with E-state index in [0.29, 0.717) is 0 Å². The maximum absolute atomic E-state index is 8.93. The number of nitrogens with two attached hydrogens (primary N) is 1. The highest BCUT2D eigenvalue weighted by atomic mass is 16.3. The molecule has 0 spiro atoms. The molecule has 3 heteroatoms. The maximum atomic E-state index is 8.93. The third kappa shape index (κ3) is 1.02. The van der Waals surface area contributed by atoms with Crippen molar-refractivity contribution in [2.75, 3.05) is 17.7 Å². The molecule has 1 aromatic carbocycles. The zero-order valence-corrected chi connectivity index (χ0v) is 6.75. The molecule has 3 nitrogen and oxygen atoms in total. The van der Waals surface area contributed by atoms with E-state index in [9.17, 15) is 0 Å². The minimum Gasteiger partial charge on any atom is -0.397 e. The van der Waals surface area contributed by atoms with Crippen molar-refractivity contribution in [3.63, 3.8) is 0 Å². The van der Waals surface area contributed by atoms with Gasteiger partial charge in [-0.3, -0.25) is 0 Å². The molecule has 0 aliphatic carbocycles. The van der Waals surface area contributed by atoms with Crippen LogP contribution in [-0.4, -0.2) is 17.8 Å². The standard InChI is InChI=1S/C9H12N2O/c10-8-3-1-2-6-4-7(5-12)11-9(6)8/h1-3,7,11-12H,4-5,10H2. The fraction of sp³-hybridized carbons (Fsp3) is 0.333. The summed E-state index contributed by atoms with van der Waals surface area (Å²) in [4.78, 5) is 0. The molecular formula is C9H12N2O. The quantitative estimate of drug-likeness (QED) is 0.533. The molecule has 1 atom stereocenters. The molecule has 1 aromatic rings. The van der Waals surface area contributed by atoms with Crippen molar-refractivity contribution in [1.82, 2.24) is 0 Å². The molecule has 0 saturated heterocycles. The largest absolute Gasteiger partial charge is 0.397 e. The summed E-state index contributed by atoms with van der Waals surface area (Å²) in [7, 11) is 0. The zero-order valence-electron chi connectivity index (χ0n) is 6.75. The molecule has 4 N–H and O–H groups in total. The van der Waals surface area contributed by atoms with E-state index in [2.05, 4.69) is 5.32 Å². The van der Waals surface area contributed by atoms with E-state index in [1.54, 1.807) is 0 Å². The fourth-order valence-electron chi connectivity index (χ4n) is 1.60. The van der Waals surface area contributed by atoms with Crippen molar-refractivity contribution < 1.29 is 5.11 Å². The Morgan fingerprint density at radius 3 is 3.08 bits per heavy atom. The van der Waals surface area contributed by atoms with Gasteiger partial charge in [0.1, 0.15) is 0 Å². The highest BCUT2D eigenvalue weighted by molar-refractivity contribution is 5.73. The third-order valence-electron chi connectivity index (χ3n) is 2.22. The summed E-state index contributed by atoms with van der Waals surface area (Å²) in [5, 5.41) is 12.1. The molecule has 0 amide bonds. The Balaban J connectivity index is 2.35. The van der Waals surface area contributed by atoms with Gasteiger partial charge < -0.3 is 16.2 Å². The molecule has 1 unspecified atom stereocenters. The average molecular weight is 164 g/mol. The summed E-state index contributed by atoms with van der Waals surface area (Å²) in [5.41, 5.74) is 8.71. The lowest BCUT2D eigenvalue weighted by molar-refractivity contribution is 0.277. The minimum absolute atomic E-state index is 0.143. The van der Waals surface area contributed by atoms with E-state index in [0.717, 1.165) is 17.8 Å². The molecule has 1 heterocycles. The van der Waals surface area contributed by atoms with Gasteiger partial charge in [-0.25, -0.2) is 0 Å². The number of fused-ring (bicyclic) bond motifs is 1. The molecule has 0 bridgehead atoms. The minimum atomic E-state index is 0.143. The van der Waals surface area contributed by atoms with E-state index in [1.165, 1.54) is 5.56 Å². The van der Waals surface area contributed by atoms with E-state index in [-0.39, 0.29) is 12.6 Å². The van der Waals surface area contributed by atoms with Crippen LogP contribution in [-0.2, 0) is 6.42 Å². The summed E-state index contributed by atoms with van der Waals surface area (Å²) in [5.74, 6) is 0. The smallest absolute Gasteiger partial charge is 0.0636 e. The van der Waals surface area contributed by atoms with Gasteiger partial charge >= 0.3 is 0 Å². The number of anilines is 2. The van der Waals surface area contributed by atoms with Gasteiger partial charge in [0.05, 0.1) is 24.0 Å². The Labute approximate surface area is 71.2 Å². The summed E-state index contributed by atoms with van der Waals surface area (Å²) in [6, 6.07) is 5.99. The van der Waals surface area contributed by atoms with Crippen LogP contribution in [0.3, 0.4) is 0 Å². The van der Waals surface area contributed by atoms with Crippen LogP contribution in [0.25, 0.3) is 0 Å². The molecule has 1 aliphatic heterocycles. The number of rotatable bonds is 1. The predicted molar refractivity (Wildman–Crippen MR) is 49.1 cm³/mol. The second kappa shape index (κ2) is 2.68. The Hall–Kier alpha value is -1.22. The predicted octanol–water partition coefficient (Wildman–Crippen LogP) is 0.598. The maximum Gasteiger partial charge on any atom is 0.0636 e. The van der Waals surface area contributed by atoms with Crippen LogP contribution in [0.15, 0.2) is 18.2 Å². The van der Waals surface area contributed by atoms with Gasteiger partial charge in [-0.1, -0.05) is 12.1 Å². The number of benzene rings is 1. The number of hydrogen-bond acceptors (Lipinski definition) is 3. The fourth-order valence-corrected chi connectivity index (χ4v) is 1.60. The molecule has 2 rings (SSSR count). The first-order valence-electron chi connectivity index (χ1n) is 4.06. The van der Waals surface area contributed by atoms with Crippen molar-refractivity contribution in [3.05, 3.63) is 23.8 Å². The van der Waals surface area contributed by atoms with Crippen LogP contribution in [0, 0.1) is 0 Å². The van der Waals surface area contributed by atoms with Crippen molar-refractivity contribution in [2.24, 2.45) is 0 Å². The van der Waals surface area contributed by atoms with E-state index in [4.69, 9.17) is 10.8 Å². The lowest BCUT2D eigenvalue weighted by Crippen LogP contribution is -2.19. The summed E-state index contributed by atoms with van der Waals surface area (Å²) in [6.07, 6.45) is 0.872. The van der Waals surface area contributed by atoms with Gasteiger partial charge in [0.15, 0.2) is 0 Å². The van der Waals surface area contributed by atoms with Gasteiger partial charge in [-0.15, -0.1) is 0 Å². The molecule has 64 valence electrons. The molecule has 0 aromatic heterocycles. The van der Waals surface area contributed by atoms with Crippen LogP contribution in [0.2, 0.25) is 0 Å². The van der Waals surface area contributed by atoms with Crippen LogP contribution < -0.4 is 11.1 Å². The second-order valence-electron chi connectivity index (χ2n) is 3.11. The van der Waals surface area contributed by atoms with Crippen molar-refractivity contribution >= 4 is 11.4 Å². The number of aliphatic hydroxyl groups excluding tert-OH is 1. The molecular weight excluding hydrogens is 152 g/mol. The van der Waals surface area contributed by atoms with Crippen LogP contribution in [0.1, 0.15) is 5.56 Å². The summed E-state index contributed by atoms with van der Waals surface area (Å²) >= 11 is 0.